The maximum atomic E-state index is 13.0. The van der Waals surface area contributed by atoms with Crippen molar-refractivity contribution < 1.29 is 22.4 Å². The van der Waals surface area contributed by atoms with Crippen LogP contribution in [0.3, 0.4) is 0 Å². The van der Waals surface area contributed by atoms with Crippen molar-refractivity contribution in [2.24, 2.45) is 0 Å². The Morgan fingerprint density at radius 2 is 1.48 bits per heavy atom. The van der Waals surface area contributed by atoms with E-state index in [-0.39, 0.29) is 22.9 Å². The average molecular weight is 376 g/mol. The van der Waals surface area contributed by atoms with Gasteiger partial charge in [0.1, 0.15) is 5.82 Å². The van der Waals surface area contributed by atoms with E-state index in [0.29, 0.717) is 0 Å². The second-order valence-electron chi connectivity index (χ2n) is 5.43. The first-order chi connectivity index (χ1) is 12.8. The number of rotatable bonds is 4. The molecule has 0 spiro atoms. The van der Waals surface area contributed by atoms with Crippen LogP contribution in [0.1, 0.15) is 15.9 Å². The lowest BCUT2D eigenvalue weighted by Gasteiger charge is -2.13. The molecule has 3 rings (SSSR count). The molecule has 0 atom stereocenters. The number of carbonyl (C=O) groups excluding carboxylic acids is 1. The van der Waals surface area contributed by atoms with E-state index in [2.05, 4.69) is 20.8 Å². The Morgan fingerprint density at radius 3 is 2.11 bits per heavy atom. The van der Waals surface area contributed by atoms with Crippen LogP contribution in [0.2, 0.25) is 0 Å². The van der Waals surface area contributed by atoms with Crippen LogP contribution in [-0.2, 0) is 6.18 Å². The van der Waals surface area contributed by atoms with Crippen molar-refractivity contribution in [2.75, 3.05) is 10.6 Å². The molecule has 9 heteroatoms. The minimum Gasteiger partial charge on any atom is -0.338 e. The molecule has 0 saturated carbocycles. The number of alkyl halides is 3. The van der Waals surface area contributed by atoms with E-state index in [4.69, 9.17) is 0 Å². The first kappa shape index (κ1) is 18.3. The van der Waals surface area contributed by atoms with Crippen LogP contribution in [0, 0.1) is 5.82 Å². The summed E-state index contributed by atoms with van der Waals surface area (Å²) in [6.45, 7) is 0. The molecule has 1 aromatic heterocycles. The number of halogens is 4. The molecule has 0 radical (unpaired) electrons. The van der Waals surface area contributed by atoms with E-state index in [1.165, 1.54) is 42.5 Å². The lowest BCUT2D eigenvalue weighted by molar-refractivity contribution is -0.136. The first-order valence-corrected chi connectivity index (χ1v) is 7.67. The van der Waals surface area contributed by atoms with Gasteiger partial charge in [0, 0.05) is 5.56 Å². The Hall–Kier alpha value is -3.49. The number of nitrogens with zero attached hydrogens (tertiary/aromatic N) is 2. The summed E-state index contributed by atoms with van der Waals surface area (Å²) >= 11 is 0. The summed E-state index contributed by atoms with van der Waals surface area (Å²) < 4.78 is 51.9. The van der Waals surface area contributed by atoms with Crippen LogP contribution in [0.25, 0.3) is 0 Å². The molecule has 0 unspecified atom stereocenters. The normalized spacial score (nSPS) is 11.1. The minimum absolute atomic E-state index is 0.0754. The second kappa shape index (κ2) is 7.40. The zero-order valence-corrected chi connectivity index (χ0v) is 13.6. The van der Waals surface area contributed by atoms with Gasteiger partial charge in [0.15, 0.2) is 11.6 Å². The van der Waals surface area contributed by atoms with Crippen LogP contribution in [-0.4, -0.2) is 16.1 Å². The van der Waals surface area contributed by atoms with E-state index in [0.717, 1.165) is 18.2 Å². The number of benzene rings is 2. The highest BCUT2D eigenvalue weighted by atomic mass is 19.4. The van der Waals surface area contributed by atoms with Crippen molar-refractivity contribution in [1.29, 1.82) is 0 Å². The molecule has 0 bridgehead atoms. The van der Waals surface area contributed by atoms with Gasteiger partial charge in [-0.25, -0.2) is 4.39 Å². The van der Waals surface area contributed by atoms with Crippen LogP contribution in [0.4, 0.5) is 34.9 Å². The summed E-state index contributed by atoms with van der Waals surface area (Å²) in [6, 6.07) is 12.6. The van der Waals surface area contributed by atoms with Gasteiger partial charge >= 0.3 is 6.18 Å². The predicted octanol–water partition coefficient (Wildman–Crippen LogP) is 4.63. The van der Waals surface area contributed by atoms with E-state index in [1.807, 2.05) is 0 Å². The molecule has 0 aliphatic rings. The third kappa shape index (κ3) is 4.57. The third-order valence-electron chi connectivity index (χ3n) is 3.51. The quantitative estimate of drug-likeness (QED) is 0.652. The van der Waals surface area contributed by atoms with Crippen LogP contribution in [0.5, 0.6) is 0 Å². The number of hydrogen-bond donors (Lipinski definition) is 2. The van der Waals surface area contributed by atoms with Crippen LogP contribution in [0.15, 0.2) is 60.7 Å². The highest BCUT2D eigenvalue weighted by Gasteiger charge is 2.33. The number of carbonyl (C=O) groups is 1. The van der Waals surface area contributed by atoms with Gasteiger partial charge in [0.25, 0.3) is 5.91 Å². The summed E-state index contributed by atoms with van der Waals surface area (Å²) in [5.74, 6) is -0.821. The first-order valence-electron chi connectivity index (χ1n) is 7.67. The van der Waals surface area contributed by atoms with E-state index >= 15 is 0 Å². The monoisotopic (exact) mass is 376 g/mol. The van der Waals surface area contributed by atoms with Crippen molar-refractivity contribution in [3.63, 3.8) is 0 Å². The molecule has 2 aromatic carbocycles. The van der Waals surface area contributed by atoms with Crippen LogP contribution >= 0.6 is 0 Å². The summed E-state index contributed by atoms with van der Waals surface area (Å²) in [5.41, 5.74) is -0.776. The molecule has 0 fully saturated rings. The molecule has 3 aromatic rings. The van der Waals surface area contributed by atoms with Gasteiger partial charge in [-0.2, -0.15) is 13.2 Å². The summed E-state index contributed by atoms with van der Waals surface area (Å²) in [4.78, 5) is 12.0. The Kier molecular flexibility index (Phi) is 5.02. The van der Waals surface area contributed by atoms with Gasteiger partial charge in [-0.15, -0.1) is 10.2 Å². The molecule has 1 amide bonds. The lowest BCUT2D eigenvalue weighted by Crippen LogP contribution is -2.13. The largest absolute Gasteiger partial charge is 0.418 e. The maximum absolute atomic E-state index is 13.0. The second-order valence-corrected chi connectivity index (χ2v) is 5.43. The Labute approximate surface area is 151 Å². The predicted molar refractivity (Wildman–Crippen MR) is 91.1 cm³/mol. The Bertz CT molecular complexity index is 941. The van der Waals surface area contributed by atoms with Crippen LogP contribution < -0.4 is 10.6 Å². The molecule has 27 heavy (non-hydrogen) atoms. The molecule has 5 nitrogen and oxygen atoms in total. The fraction of sp³-hybridized carbons (Fsp3) is 0.0556. The average Bonchev–Trinajstić information content (AvgIpc) is 2.63. The van der Waals surface area contributed by atoms with E-state index in [9.17, 15) is 22.4 Å². The number of amides is 1. The molecule has 138 valence electrons. The number of nitrogens with one attached hydrogen (secondary N) is 2. The molecule has 2 N–H and O–H groups in total. The Balaban J connectivity index is 1.71. The van der Waals surface area contributed by atoms with Crippen molar-refractivity contribution in [1.82, 2.24) is 10.2 Å². The van der Waals surface area contributed by atoms with Gasteiger partial charge in [0.05, 0.1) is 11.3 Å². The third-order valence-corrected chi connectivity index (χ3v) is 3.51. The summed E-state index contributed by atoms with van der Waals surface area (Å²) in [7, 11) is 0. The lowest BCUT2D eigenvalue weighted by atomic mass is 10.1. The smallest absolute Gasteiger partial charge is 0.338 e. The maximum Gasteiger partial charge on any atom is 0.418 e. The van der Waals surface area contributed by atoms with Gasteiger partial charge in [-0.1, -0.05) is 12.1 Å². The number of hydrogen-bond acceptors (Lipinski definition) is 4. The molecule has 0 saturated heterocycles. The topological polar surface area (TPSA) is 66.9 Å². The van der Waals surface area contributed by atoms with E-state index < -0.39 is 23.5 Å². The molecular weight excluding hydrogens is 364 g/mol. The fourth-order valence-corrected chi connectivity index (χ4v) is 2.23. The SMILES string of the molecule is O=C(Nc1ccc(Nc2ccccc2C(F)(F)F)nn1)c1ccc(F)cc1. The van der Waals surface area contributed by atoms with E-state index in [1.54, 1.807) is 0 Å². The van der Waals surface area contributed by atoms with Crippen molar-refractivity contribution in [2.45, 2.75) is 6.18 Å². The number of anilines is 3. The van der Waals surface area contributed by atoms with Gasteiger partial charge in [-0.05, 0) is 48.5 Å². The van der Waals surface area contributed by atoms with Crippen molar-refractivity contribution in [3.05, 3.63) is 77.6 Å². The van der Waals surface area contributed by atoms with Crippen molar-refractivity contribution in [3.8, 4) is 0 Å². The summed E-state index contributed by atoms with van der Waals surface area (Å²) in [5, 5.41) is 12.5. The standard InChI is InChI=1S/C18H12F4N4O/c19-12-7-5-11(6-8-12)17(27)24-16-10-9-15(25-26-16)23-14-4-2-1-3-13(14)18(20,21)22/h1-10H,(H,23,25)(H,24,26,27). The molecule has 1 heterocycles. The fourth-order valence-electron chi connectivity index (χ4n) is 2.23. The molecule has 0 aliphatic carbocycles. The highest BCUT2D eigenvalue weighted by molar-refractivity contribution is 6.03. The summed E-state index contributed by atoms with van der Waals surface area (Å²) in [6.07, 6.45) is -4.51. The number of para-hydroxylation sites is 1. The molecule has 0 aliphatic heterocycles. The minimum atomic E-state index is -4.51. The number of aromatic nitrogens is 2. The Morgan fingerprint density at radius 1 is 0.852 bits per heavy atom. The zero-order chi connectivity index (χ0) is 19.4. The van der Waals surface area contributed by atoms with Gasteiger partial charge in [-0.3, -0.25) is 4.79 Å². The zero-order valence-electron chi connectivity index (χ0n) is 13.6. The molecular formula is C18H12F4N4O. The van der Waals surface area contributed by atoms with Crippen molar-refractivity contribution >= 4 is 23.2 Å². The highest BCUT2D eigenvalue weighted by Crippen LogP contribution is 2.35. The van der Waals surface area contributed by atoms with Gasteiger partial charge in [0.2, 0.25) is 0 Å². The van der Waals surface area contributed by atoms with Gasteiger partial charge < -0.3 is 10.6 Å².